The van der Waals surface area contributed by atoms with Crippen molar-refractivity contribution in [3.05, 3.63) is 65.7 Å². The second kappa shape index (κ2) is 7.90. The lowest BCUT2D eigenvalue weighted by molar-refractivity contribution is 0.0936. The number of carbonyl (C=O) groups excluding carboxylic acids is 1. The molecule has 0 saturated carbocycles. The Kier molecular flexibility index (Phi) is 5.16. The fraction of sp³-hybridized carbons (Fsp3) is 0.238. The van der Waals surface area contributed by atoms with Gasteiger partial charge in [0.15, 0.2) is 5.82 Å². The Morgan fingerprint density at radius 3 is 2.72 bits per heavy atom. The standard InChI is InChI=1S/C21H20F2N4O2/c1-29-16-5-2-13(3-6-16)19-11-20(26-25-19)27-9-8-15(12-27)24-21(28)17-7-4-14(22)10-18(17)23/h2-7,10-11,15H,8-9,12H2,1H3,(H,24,28)(H,25,26). The molecule has 1 aliphatic heterocycles. The zero-order chi connectivity index (χ0) is 20.4. The predicted molar refractivity (Wildman–Crippen MR) is 105 cm³/mol. The molecule has 1 saturated heterocycles. The first-order valence-corrected chi connectivity index (χ1v) is 9.24. The molecule has 0 bridgehead atoms. The highest BCUT2D eigenvalue weighted by molar-refractivity contribution is 5.94. The van der Waals surface area contributed by atoms with Crippen molar-refractivity contribution in [2.24, 2.45) is 0 Å². The van der Waals surface area contributed by atoms with Crippen molar-refractivity contribution in [3.8, 4) is 17.0 Å². The number of rotatable bonds is 5. The minimum Gasteiger partial charge on any atom is -0.497 e. The average molecular weight is 398 g/mol. The highest BCUT2D eigenvalue weighted by atomic mass is 19.1. The second-order valence-corrected chi connectivity index (χ2v) is 6.90. The summed E-state index contributed by atoms with van der Waals surface area (Å²) in [5.74, 6) is -0.564. The van der Waals surface area contributed by atoms with E-state index in [4.69, 9.17) is 4.74 Å². The third-order valence-electron chi connectivity index (χ3n) is 4.99. The van der Waals surface area contributed by atoms with Gasteiger partial charge in [-0.3, -0.25) is 9.89 Å². The monoisotopic (exact) mass is 398 g/mol. The molecule has 0 aliphatic carbocycles. The van der Waals surface area contributed by atoms with Gasteiger partial charge in [-0.15, -0.1) is 0 Å². The van der Waals surface area contributed by atoms with Crippen LogP contribution < -0.4 is 15.0 Å². The van der Waals surface area contributed by atoms with E-state index in [1.165, 1.54) is 0 Å². The third-order valence-corrected chi connectivity index (χ3v) is 4.99. The number of H-pyrrole nitrogens is 1. The number of amides is 1. The lowest BCUT2D eigenvalue weighted by Crippen LogP contribution is -2.37. The lowest BCUT2D eigenvalue weighted by atomic mass is 10.1. The SMILES string of the molecule is COc1ccc(-c2cc(N3CCC(NC(=O)c4ccc(F)cc4F)C3)n[nH]2)cc1. The van der Waals surface area contributed by atoms with E-state index in [-0.39, 0.29) is 11.6 Å². The first-order valence-electron chi connectivity index (χ1n) is 9.24. The van der Waals surface area contributed by atoms with Crippen molar-refractivity contribution < 1.29 is 18.3 Å². The van der Waals surface area contributed by atoms with E-state index in [0.29, 0.717) is 25.6 Å². The molecule has 29 heavy (non-hydrogen) atoms. The number of carbonyl (C=O) groups is 1. The number of ether oxygens (including phenoxy) is 1. The van der Waals surface area contributed by atoms with Crippen LogP contribution in [0.1, 0.15) is 16.8 Å². The Labute approximate surface area is 166 Å². The number of aromatic nitrogens is 2. The van der Waals surface area contributed by atoms with Crippen LogP contribution in [-0.2, 0) is 0 Å². The summed E-state index contributed by atoms with van der Waals surface area (Å²) in [7, 11) is 1.62. The van der Waals surface area contributed by atoms with Crippen molar-refractivity contribution in [1.29, 1.82) is 0 Å². The topological polar surface area (TPSA) is 70.2 Å². The smallest absolute Gasteiger partial charge is 0.254 e. The molecule has 2 N–H and O–H groups in total. The summed E-state index contributed by atoms with van der Waals surface area (Å²) in [4.78, 5) is 14.3. The zero-order valence-corrected chi connectivity index (χ0v) is 15.8. The van der Waals surface area contributed by atoms with E-state index in [9.17, 15) is 13.6 Å². The Bertz CT molecular complexity index is 1020. The van der Waals surface area contributed by atoms with Gasteiger partial charge < -0.3 is 15.0 Å². The van der Waals surface area contributed by atoms with Crippen LogP contribution in [0.15, 0.2) is 48.5 Å². The number of hydrogen-bond donors (Lipinski definition) is 2. The summed E-state index contributed by atoms with van der Waals surface area (Å²) in [6.45, 7) is 1.27. The first kappa shape index (κ1) is 18.9. The Morgan fingerprint density at radius 1 is 1.21 bits per heavy atom. The molecule has 0 radical (unpaired) electrons. The molecular weight excluding hydrogens is 378 g/mol. The summed E-state index contributed by atoms with van der Waals surface area (Å²) in [5, 5.41) is 10.2. The molecule has 6 nitrogen and oxygen atoms in total. The first-order chi connectivity index (χ1) is 14.0. The number of hydrogen-bond acceptors (Lipinski definition) is 4. The fourth-order valence-corrected chi connectivity index (χ4v) is 3.41. The minimum absolute atomic E-state index is 0.145. The lowest BCUT2D eigenvalue weighted by Gasteiger charge is -2.16. The van der Waals surface area contributed by atoms with Gasteiger partial charge in [0.05, 0.1) is 18.4 Å². The summed E-state index contributed by atoms with van der Waals surface area (Å²) in [6, 6.07) is 12.4. The van der Waals surface area contributed by atoms with Gasteiger partial charge in [-0.1, -0.05) is 0 Å². The maximum atomic E-state index is 13.8. The van der Waals surface area contributed by atoms with Crippen LogP contribution in [0.2, 0.25) is 0 Å². The van der Waals surface area contributed by atoms with E-state index in [2.05, 4.69) is 20.4 Å². The molecule has 2 aromatic carbocycles. The Morgan fingerprint density at radius 2 is 2.00 bits per heavy atom. The van der Waals surface area contributed by atoms with Gasteiger partial charge in [0.1, 0.15) is 17.4 Å². The highest BCUT2D eigenvalue weighted by Crippen LogP contribution is 2.26. The second-order valence-electron chi connectivity index (χ2n) is 6.90. The largest absolute Gasteiger partial charge is 0.497 e. The number of nitrogens with zero attached hydrogens (tertiary/aromatic N) is 2. The molecule has 4 rings (SSSR count). The Hall–Kier alpha value is -3.42. The summed E-state index contributed by atoms with van der Waals surface area (Å²) >= 11 is 0. The number of aromatic amines is 1. The van der Waals surface area contributed by atoms with E-state index >= 15 is 0 Å². The van der Waals surface area contributed by atoms with Crippen molar-refractivity contribution in [2.75, 3.05) is 25.1 Å². The number of halogens is 2. The summed E-state index contributed by atoms with van der Waals surface area (Å²) in [6.07, 6.45) is 0.708. The summed E-state index contributed by atoms with van der Waals surface area (Å²) in [5.41, 5.74) is 1.70. The van der Waals surface area contributed by atoms with Gasteiger partial charge in [-0.05, 0) is 48.4 Å². The van der Waals surface area contributed by atoms with Gasteiger partial charge in [0.2, 0.25) is 0 Å². The number of methoxy groups -OCH3 is 1. The van der Waals surface area contributed by atoms with Crippen molar-refractivity contribution in [3.63, 3.8) is 0 Å². The van der Waals surface area contributed by atoms with Gasteiger partial charge >= 0.3 is 0 Å². The average Bonchev–Trinajstić information content (AvgIpc) is 3.37. The molecule has 1 atom stereocenters. The molecule has 3 aromatic rings. The van der Waals surface area contributed by atoms with Crippen LogP contribution in [0.5, 0.6) is 5.75 Å². The molecule has 1 aromatic heterocycles. The van der Waals surface area contributed by atoms with E-state index in [1.54, 1.807) is 7.11 Å². The van der Waals surface area contributed by atoms with Crippen LogP contribution in [0.4, 0.5) is 14.6 Å². The number of benzene rings is 2. The van der Waals surface area contributed by atoms with Gasteiger partial charge in [-0.2, -0.15) is 5.10 Å². The minimum atomic E-state index is -0.867. The van der Waals surface area contributed by atoms with Gasteiger partial charge in [-0.25, -0.2) is 8.78 Å². The molecule has 1 amide bonds. The molecule has 150 valence electrons. The van der Waals surface area contributed by atoms with E-state index in [1.807, 2.05) is 30.3 Å². The Balaban J connectivity index is 1.39. The normalized spacial score (nSPS) is 16.1. The number of nitrogens with one attached hydrogen (secondary N) is 2. The van der Waals surface area contributed by atoms with Crippen molar-refractivity contribution >= 4 is 11.7 Å². The van der Waals surface area contributed by atoms with Crippen LogP contribution in [0, 0.1) is 11.6 Å². The quantitative estimate of drug-likeness (QED) is 0.691. The third kappa shape index (κ3) is 4.06. The van der Waals surface area contributed by atoms with Crippen molar-refractivity contribution in [1.82, 2.24) is 15.5 Å². The maximum absolute atomic E-state index is 13.8. The van der Waals surface area contributed by atoms with Crippen LogP contribution in [0.3, 0.4) is 0 Å². The molecule has 2 heterocycles. The van der Waals surface area contributed by atoms with Crippen molar-refractivity contribution in [2.45, 2.75) is 12.5 Å². The van der Waals surface area contributed by atoms with E-state index < -0.39 is 17.5 Å². The highest BCUT2D eigenvalue weighted by Gasteiger charge is 2.26. The van der Waals surface area contributed by atoms with Crippen LogP contribution in [0.25, 0.3) is 11.3 Å². The molecular formula is C21H20F2N4O2. The van der Waals surface area contributed by atoms with Gasteiger partial charge in [0.25, 0.3) is 5.91 Å². The van der Waals surface area contributed by atoms with Crippen LogP contribution >= 0.6 is 0 Å². The van der Waals surface area contributed by atoms with Gasteiger partial charge in [0, 0.05) is 31.3 Å². The predicted octanol–water partition coefficient (Wildman–Crippen LogP) is 3.37. The zero-order valence-electron chi connectivity index (χ0n) is 15.8. The molecule has 1 unspecified atom stereocenters. The fourth-order valence-electron chi connectivity index (χ4n) is 3.41. The molecule has 8 heteroatoms. The maximum Gasteiger partial charge on any atom is 0.254 e. The molecule has 1 aliphatic rings. The van der Waals surface area contributed by atoms with Crippen LogP contribution in [-0.4, -0.2) is 42.3 Å². The molecule has 1 fully saturated rings. The summed E-state index contributed by atoms with van der Waals surface area (Å²) < 4.78 is 32.0. The van der Waals surface area contributed by atoms with E-state index in [0.717, 1.165) is 35.0 Å². The number of anilines is 1. The molecule has 0 spiro atoms.